The Morgan fingerprint density at radius 3 is 2.82 bits per heavy atom. The van der Waals surface area contributed by atoms with Gasteiger partial charge in [-0.25, -0.2) is 9.07 Å². The Kier molecular flexibility index (Phi) is 5.55. The summed E-state index contributed by atoms with van der Waals surface area (Å²) in [4.78, 5) is 27.8. The summed E-state index contributed by atoms with van der Waals surface area (Å²) in [5, 5.41) is 14.6. The van der Waals surface area contributed by atoms with Crippen molar-refractivity contribution in [2.24, 2.45) is 11.7 Å². The van der Waals surface area contributed by atoms with Gasteiger partial charge in [0.2, 0.25) is 11.8 Å². The molecule has 2 aromatic carbocycles. The highest BCUT2D eigenvalue weighted by Crippen LogP contribution is 2.48. The van der Waals surface area contributed by atoms with Crippen LogP contribution in [0.2, 0.25) is 5.02 Å². The van der Waals surface area contributed by atoms with E-state index in [1.54, 1.807) is 30.3 Å². The van der Waals surface area contributed by atoms with Crippen molar-refractivity contribution in [2.75, 3.05) is 0 Å². The van der Waals surface area contributed by atoms with Crippen molar-refractivity contribution in [3.05, 3.63) is 70.8 Å². The first kappa shape index (κ1) is 21.5. The number of rotatable bonds is 6. The second-order valence-electron chi connectivity index (χ2n) is 8.30. The van der Waals surface area contributed by atoms with Crippen LogP contribution >= 0.6 is 11.6 Å². The van der Waals surface area contributed by atoms with E-state index >= 15 is 0 Å². The first-order valence-corrected chi connectivity index (χ1v) is 10.9. The number of aromatic nitrogens is 4. The Bertz CT molecular complexity index is 1210. The highest BCUT2D eigenvalue weighted by molar-refractivity contribution is 6.30. The molecule has 5 rings (SSSR count). The number of benzene rings is 2. The Hall–Kier alpha value is -3.37. The van der Waals surface area contributed by atoms with Crippen molar-refractivity contribution >= 4 is 23.4 Å². The average molecular weight is 470 g/mol. The number of piperidine rings is 1. The van der Waals surface area contributed by atoms with Gasteiger partial charge in [-0.2, -0.15) is 0 Å². The molecule has 0 bridgehead atoms. The number of hydrogen-bond acceptors (Lipinski definition) is 6. The molecule has 170 valence electrons. The predicted octanol–water partition coefficient (Wildman–Crippen LogP) is 1.76. The number of nitrogens with one attached hydrogen (secondary N) is 1. The maximum Gasteiger partial charge on any atom is 0.245 e. The third-order valence-corrected chi connectivity index (χ3v) is 6.49. The van der Waals surface area contributed by atoms with Gasteiger partial charge < -0.3 is 16.0 Å². The topological polar surface area (TPSA) is 119 Å². The zero-order chi connectivity index (χ0) is 23.1. The van der Waals surface area contributed by atoms with E-state index in [4.69, 9.17) is 17.3 Å². The van der Waals surface area contributed by atoms with Crippen LogP contribution in [-0.2, 0) is 16.1 Å². The lowest BCUT2D eigenvalue weighted by atomic mass is 10.0. The van der Waals surface area contributed by atoms with E-state index in [1.165, 1.54) is 28.0 Å². The second kappa shape index (κ2) is 8.53. The molecule has 1 aliphatic carbocycles. The molecular formula is C22H21ClFN7O2. The van der Waals surface area contributed by atoms with Gasteiger partial charge in [-0.05, 0) is 59.0 Å². The van der Waals surface area contributed by atoms with E-state index in [0.29, 0.717) is 22.7 Å². The van der Waals surface area contributed by atoms with Gasteiger partial charge in [0.15, 0.2) is 0 Å². The van der Waals surface area contributed by atoms with E-state index in [1.807, 2.05) is 0 Å². The number of carbonyl (C=O) groups excluding carboxylic acids is 2. The van der Waals surface area contributed by atoms with Crippen molar-refractivity contribution in [3.63, 3.8) is 0 Å². The van der Waals surface area contributed by atoms with Crippen molar-refractivity contribution in [1.29, 1.82) is 0 Å². The van der Waals surface area contributed by atoms with Crippen molar-refractivity contribution in [1.82, 2.24) is 30.4 Å². The van der Waals surface area contributed by atoms with Gasteiger partial charge in [-0.3, -0.25) is 9.59 Å². The number of halogens is 2. The minimum atomic E-state index is -1.17. The fourth-order valence-electron chi connectivity index (χ4n) is 4.52. The van der Waals surface area contributed by atoms with E-state index in [-0.39, 0.29) is 30.0 Å². The Balaban J connectivity index is 1.32. The fourth-order valence-corrected chi connectivity index (χ4v) is 4.71. The summed E-state index contributed by atoms with van der Waals surface area (Å²) in [5.74, 6) is -1.01. The van der Waals surface area contributed by atoms with Crippen molar-refractivity contribution in [2.45, 2.75) is 37.5 Å². The summed E-state index contributed by atoms with van der Waals surface area (Å²) in [6, 6.07) is 9.26. The van der Waals surface area contributed by atoms with E-state index in [2.05, 4.69) is 20.8 Å². The summed E-state index contributed by atoms with van der Waals surface area (Å²) >= 11 is 6.15. The molecule has 2 aliphatic rings. The molecular weight excluding hydrogens is 449 g/mol. The Morgan fingerprint density at radius 1 is 1.24 bits per heavy atom. The SMILES string of the molecule is NC(C(=O)N1[C@H](C(=O)NCc2cc(Cl)ccc2-n2cnnn2)C[C@@H]2C[C@@H]21)c1ccccc1F. The molecule has 3 N–H and O–H groups in total. The number of nitrogens with two attached hydrogens (primary N) is 1. The van der Waals surface area contributed by atoms with Crippen LogP contribution in [0.5, 0.6) is 0 Å². The summed E-state index contributed by atoms with van der Waals surface area (Å²) in [6.45, 7) is 0.168. The largest absolute Gasteiger partial charge is 0.350 e. The molecule has 2 fully saturated rings. The third kappa shape index (κ3) is 4.07. The molecule has 2 heterocycles. The smallest absolute Gasteiger partial charge is 0.245 e. The standard InChI is InChI=1S/C22H21ClFN7O2/c23-14-5-6-17(30-11-27-28-29-30)13(7-14)10-26-21(32)19-9-12-8-18(12)31(19)22(33)20(25)15-3-1-2-4-16(15)24/h1-7,11-12,18-20H,8-10,25H2,(H,26,32)/t12-,18-,19-,20?/m0/s1. The highest BCUT2D eigenvalue weighted by atomic mass is 35.5. The molecule has 4 atom stereocenters. The van der Waals surface area contributed by atoms with Gasteiger partial charge in [-0.15, -0.1) is 5.10 Å². The summed E-state index contributed by atoms with van der Waals surface area (Å²) in [5.41, 5.74) is 7.63. The molecule has 0 radical (unpaired) electrons. The zero-order valence-corrected chi connectivity index (χ0v) is 18.2. The van der Waals surface area contributed by atoms with Crippen LogP contribution in [0, 0.1) is 11.7 Å². The monoisotopic (exact) mass is 469 g/mol. The molecule has 1 aliphatic heterocycles. The second-order valence-corrected chi connectivity index (χ2v) is 8.74. The van der Waals surface area contributed by atoms with Gasteiger partial charge >= 0.3 is 0 Å². The van der Waals surface area contributed by atoms with Gasteiger partial charge in [-0.1, -0.05) is 29.8 Å². The quantitative estimate of drug-likeness (QED) is 0.567. The molecule has 1 saturated carbocycles. The van der Waals surface area contributed by atoms with Crippen LogP contribution in [0.15, 0.2) is 48.8 Å². The van der Waals surface area contributed by atoms with E-state index in [0.717, 1.165) is 6.42 Å². The summed E-state index contributed by atoms with van der Waals surface area (Å²) in [7, 11) is 0. The predicted molar refractivity (Wildman–Crippen MR) is 116 cm³/mol. The normalized spacial score (nSPS) is 22.0. The van der Waals surface area contributed by atoms with Gasteiger partial charge in [0.05, 0.1) is 5.69 Å². The Morgan fingerprint density at radius 2 is 2.06 bits per heavy atom. The van der Waals surface area contributed by atoms with Crippen LogP contribution in [0.4, 0.5) is 4.39 Å². The number of likely N-dealkylation sites (tertiary alicyclic amines) is 1. The number of hydrogen-bond donors (Lipinski definition) is 2. The number of tetrazole rings is 1. The third-order valence-electron chi connectivity index (χ3n) is 6.26. The lowest BCUT2D eigenvalue weighted by Gasteiger charge is -2.29. The molecule has 1 unspecified atom stereocenters. The number of fused-ring (bicyclic) bond motifs is 1. The lowest BCUT2D eigenvalue weighted by molar-refractivity contribution is -0.141. The van der Waals surface area contributed by atoms with Crippen LogP contribution < -0.4 is 11.1 Å². The summed E-state index contributed by atoms with van der Waals surface area (Å²) in [6.07, 6.45) is 2.84. The molecule has 2 amide bonds. The van der Waals surface area contributed by atoms with Crippen LogP contribution in [0.1, 0.15) is 30.0 Å². The van der Waals surface area contributed by atoms with Crippen LogP contribution in [0.3, 0.4) is 0 Å². The van der Waals surface area contributed by atoms with Gasteiger partial charge in [0.1, 0.15) is 24.2 Å². The molecule has 0 spiro atoms. The number of nitrogens with zero attached hydrogens (tertiary/aromatic N) is 5. The molecule has 1 saturated heterocycles. The van der Waals surface area contributed by atoms with Gasteiger partial charge in [0, 0.05) is 23.2 Å². The first-order valence-electron chi connectivity index (χ1n) is 10.6. The average Bonchev–Trinajstić information content (AvgIpc) is 3.21. The highest BCUT2D eigenvalue weighted by Gasteiger charge is 2.56. The first-order chi connectivity index (χ1) is 15.9. The molecule has 1 aromatic heterocycles. The van der Waals surface area contributed by atoms with Crippen LogP contribution in [-0.4, -0.2) is 49.0 Å². The lowest BCUT2D eigenvalue weighted by Crippen LogP contribution is -2.50. The maximum absolute atomic E-state index is 14.2. The maximum atomic E-state index is 14.2. The number of amides is 2. The molecule has 9 nitrogen and oxygen atoms in total. The van der Waals surface area contributed by atoms with E-state index < -0.39 is 23.8 Å². The Labute approximate surface area is 193 Å². The minimum Gasteiger partial charge on any atom is -0.350 e. The van der Waals surface area contributed by atoms with Crippen molar-refractivity contribution in [3.8, 4) is 5.69 Å². The number of carbonyl (C=O) groups is 2. The zero-order valence-electron chi connectivity index (χ0n) is 17.4. The van der Waals surface area contributed by atoms with Gasteiger partial charge in [0.25, 0.3) is 0 Å². The molecule has 3 aromatic rings. The fraction of sp³-hybridized carbons (Fsp3) is 0.318. The van der Waals surface area contributed by atoms with Crippen LogP contribution in [0.25, 0.3) is 5.69 Å². The van der Waals surface area contributed by atoms with Crippen molar-refractivity contribution < 1.29 is 14.0 Å². The molecule has 11 heteroatoms. The summed E-state index contributed by atoms with van der Waals surface area (Å²) < 4.78 is 15.7. The van der Waals surface area contributed by atoms with E-state index in [9.17, 15) is 14.0 Å². The minimum absolute atomic E-state index is 0.0333. The molecule has 33 heavy (non-hydrogen) atoms.